The molecule has 0 saturated heterocycles. The highest BCUT2D eigenvalue weighted by Crippen LogP contribution is 2.34. The molecule has 0 bridgehead atoms. The van der Waals surface area contributed by atoms with Gasteiger partial charge in [-0.25, -0.2) is 0 Å². The summed E-state index contributed by atoms with van der Waals surface area (Å²) in [6.07, 6.45) is 1.50. The standard InChI is InChI=1S/C10H9BrN2O2/c1-14-9-4-6(11)2-3-7(9)8-5-15-13-10(8)12/h2-5H,1H3,(H2,12,13). The molecule has 0 spiro atoms. The Balaban J connectivity index is 2.58. The molecule has 1 heterocycles. The van der Waals surface area contributed by atoms with Gasteiger partial charge in [-0.05, 0) is 18.2 Å². The number of halogens is 1. The number of anilines is 1. The lowest BCUT2D eigenvalue weighted by molar-refractivity contribution is 0.415. The summed E-state index contributed by atoms with van der Waals surface area (Å²) in [5.41, 5.74) is 7.26. The number of hydrogen-bond acceptors (Lipinski definition) is 4. The van der Waals surface area contributed by atoms with Crippen molar-refractivity contribution < 1.29 is 9.26 Å². The molecule has 0 saturated carbocycles. The monoisotopic (exact) mass is 268 g/mol. The summed E-state index contributed by atoms with van der Waals surface area (Å²) in [7, 11) is 1.61. The van der Waals surface area contributed by atoms with E-state index in [2.05, 4.69) is 21.1 Å². The maximum Gasteiger partial charge on any atom is 0.174 e. The van der Waals surface area contributed by atoms with Crippen LogP contribution in [0.2, 0.25) is 0 Å². The van der Waals surface area contributed by atoms with Crippen LogP contribution in [-0.4, -0.2) is 12.3 Å². The highest BCUT2D eigenvalue weighted by Gasteiger charge is 2.12. The summed E-state index contributed by atoms with van der Waals surface area (Å²) in [4.78, 5) is 0. The van der Waals surface area contributed by atoms with Crippen LogP contribution in [0, 0.1) is 0 Å². The van der Waals surface area contributed by atoms with Crippen molar-refractivity contribution in [3.05, 3.63) is 28.9 Å². The Bertz CT molecular complexity index is 482. The molecule has 0 radical (unpaired) electrons. The predicted octanol–water partition coefficient (Wildman–Crippen LogP) is 2.69. The number of nitrogens with zero attached hydrogens (tertiary/aromatic N) is 1. The molecule has 2 rings (SSSR count). The first kappa shape index (κ1) is 10.0. The third kappa shape index (κ3) is 1.83. The highest BCUT2D eigenvalue weighted by molar-refractivity contribution is 9.10. The smallest absolute Gasteiger partial charge is 0.174 e. The summed E-state index contributed by atoms with van der Waals surface area (Å²) in [6, 6.07) is 5.66. The molecule has 2 N–H and O–H groups in total. The molecule has 2 aromatic rings. The summed E-state index contributed by atoms with van der Waals surface area (Å²) in [6.45, 7) is 0. The van der Waals surface area contributed by atoms with E-state index in [4.69, 9.17) is 15.0 Å². The fourth-order valence-electron chi connectivity index (χ4n) is 1.33. The van der Waals surface area contributed by atoms with Crippen LogP contribution in [0.5, 0.6) is 5.75 Å². The zero-order valence-electron chi connectivity index (χ0n) is 8.03. The van der Waals surface area contributed by atoms with Crippen LogP contribution >= 0.6 is 15.9 Å². The SMILES string of the molecule is COc1cc(Br)ccc1-c1conc1N. The number of nitrogen functional groups attached to an aromatic ring is 1. The summed E-state index contributed by atoms with van der Waals surface area (Å²) < 4.78 is 11.0. The Kier molecular flexibility index (Phi) is 2.64. The van der Waals surface area contributed by atoms with E-state index < -0.39 is 0 Å². The largest absolute Gasteiger partial charge is 0.496 e. The van der Waals surface area contributed by atoms with Crippen molar-refractivity contribution in [2.75, 3.05) is 12.8 Å². The van der Waals surface area contributed by atoms with E-state index >= 15 is 0 Å². The first-order chi connectivity index (χ1) is 7.22. The van der Waals surface area contributed by atoms with Crippen molar-refractivity contribution in [3.8, 4) is 16.9 Å². The van der Waals surface area contributed by atoms with Crippen LogP contribution in [0.25, 0.3) is 11.1 Å². The van der Waals surface area contributed by atoms with Gasteiger partial charge >= 0.3 is 0 Å². The molecule has 5 heteroatoms. The van der Waals surface area contributed by atoms with Crippen molar-refractivity contribution in [2.24, 2.45) is 0 Å². The van der Waals surface area contributed by atoms with E-state index in [9.17, 15) is 0 Å². The molecular formula is C10H9BrN2O2. The first-order valence-corrected chi connectivity index (χ1v) is 5.05. The molecule has 1 aromatic heterocycles. The lowest BCUT2D eigenvalue weighted by atomic mass is 10.1. The van der Waals surface area contributed by atoms with Gasteiger partial charge in [-0.3, -0.25) is 0 Å². The second-order valence-corrected chi connectivity index (χ2v) is 3.87. The third-order valence-corrected chi connectivity index (χ3v) is 2.54. The molecule has 15 heavy (non-hydrogen) atoms. The molecule has 0 aliphatic carbocycles. The summed E-state index contributed by atoms with van der Waals surface area (Å²) in [5.74, 6) is 1.08. The molecule has 0 atom stereocenters. The number of benzene rings is 1. The minimum Gasteiger partial charge on any atom is -0.496 e. The van der Waals surface area contributed by atoms with Gasteiger partial charge in [0.25, 0.3) is 0 Å². The van der Waals surface area contributed by atoms with Gasteiger partial charge in [-0.15, -0.1) is 0 Å². The van der Waals surface area contributed by atoms with E-state index in [0.717, 1.165) is 21.3 Å². The fraction of sp³-hybridized carbons (Fsp3) is 0.100. The molecule has 0 fully saturated rings. The highest BCUT2D eigenvalue weighted by atomic mass is 79.9. The van der Waals surface area contributed by atoms with Gasteiger partial charge in [-0.1, -0.05) is 21.1 Å². The number of hydrogen-bond donors (Lipinski definition) is 1. The summed E-state index contributed by atoms with van der Waals surface area (Å²) >= 11 is 3.37. The maximum atomic E-state index is 5.66. The van der Waals surface area contributed by atoms with Crippen LogP contribution in [0.3, 0.4) is 0 Å². The number of methoxy groups -OCH3 is 1. The average molecular weight is 269 g/mol. The van der Waals surface area contributed by atoms with E-state index in [1.54, 1.807) is 7.11 Å². The molecule has 0 amide bonds. The van der Waals surface area contributed by atoms with Crippen molar-refractivity contribution in [3.63, 3.8) is 0 Å². The number of aromatic nitrogens is 1. The molecule has 78 valence electrons. The average Bonchev–Trinajstić information content (AvgIpc) is 2.64. The van der Waals surface area contributed by atoms with E-state index in [-0.39, 0.29) is 0 Å². The van der Waals surface area contributed by atoms with Crippen LogP contribution in [0.1, 0.15) is 0 Å². The fourth-order valence-corrected chi connectivity index (χ4v) is 1.67. The van der Waals surface area contributed by atoms with Crippen LogP contribution < -0.4 is 10.5 Å². The molecule has 0 aliphatic rings. The van der Waals surface area contributed by atoms with Gasteiger partial charge in [0.05, 0.1) is 12.7 Å². The Labute approximate surface area is 95.1 Å². The van der Waals surface area contributed by atoms with Crippen molar-refractivity contribution in [1.82, 2.24) is 5.16 Å². The van der Waals surface area contributed by atoms with E-state index in [0.29, 0.717) is 5.82 Å². The van der Waals surface area contributed by atoms with E-state index in [1.807, 2.05) is 18.2 Å². The Hall–Kier alpha value is -1.49. The Morgan fingerprint density at radius 3 is 2.80 bits per heavy atom. The van der Waals surface area contributed by atoms with Gasteiger partial charge in [-0.2, -0.15) is 0 Å². The van der Waals surface area contributed by atoms with E-state index in [1.165, 1.54) is 6.26 Å². The van der Waals surface area contributed by atoms with Crippen molar-refractivity contribution in [2.45, 2.75) is 0 Å². The lowest BCUT2D eigenvalue weighted by Gasteiger charge is -2.06. The minimum atomic E-state index is 0.357. The number of nitrogens with two attached hydrogens (primary N) is 1. The first-order valence-electron chi connectivity index (χ1n) is 4.26. The van der Waals surface area contributed by atoms with Crippen LogP contribution in [0.15, 0.2) is 33.5 Å². The normalized spacial score (nSPS) is 10.3. The van der Waals surface area contributed by atoms with Crippen LogP contribution in [-0.2, 0) is 0 Å². The van der Waals surface area contributed by atoms with Gasteiger partial charge in [0, 0.05) is 10.0 Å². The lowest BCUT2D eigenvalue weighted by Crippen LogP contribution is -1.91. The molecular weight excluding hydrogens is 260 g/mol. The zero-order valence-corrected chi connectivity index (χ0v) is 9.61. The Morgan fingerprint density at radius 2 is 2.20 bits per heavy atom. The zero-order chi connectivity index (χ0) is 10.8. The van der Waals surface area contributed by atoms with Gasteiger partial charge in [0.15, 0.2) is 5.82 Å². The van der Waals surface area contributed by atoms with Crippen molar-refractivity contribution >= 4 is 21.7 Å². The van der Waals surface area contributed by atoms with Gasteiger partial charge in [0.2, 0.25) is 0 Å². The van der Waals surface area contributed by atoms with Gasteiger partial charge in [0.1, 0.15) is 12.0 Å². The summed E-state index contributed by atoms with van der Waals surface area (Å²) in [5, 5.41) is 3.63. The van der Waals surface area contributed by atoms with Gasteiger partial charge < -0.3 is 15.0 Å². The number of ether oxygens (including phenoxy) is 1. The maximum absolute atomic E-state index is 5.66. The molecule has 0 unspecified atom stereocenters. The van der Waals surface area contributed by atoms with Crippen molar-refractivity contribution in [1.29, 1.82) is 0 Å². The second-order valence-electron chi connectivity index (χ2n) is 2.96. The third-order valence-electron chi connectivity index (χ3n) is 2.05. The Morgan fingerprint density at radius 1 is 1.40 bits per heavy atom. The van der Waals surface area contributed by atoms with Crippen LogP contribution in [0.4, 0.5) is 5.82 Å². The molecule has 1 aromatic carbocycles. The molecule has 4 nitrogen and oxygen atoms in total. The second kappa shape index (κ2) is 3.94. The predicted molar refractivity (Wildman–Crippen MR) is 60.6 cm³/mol. The minimum absolute atomic E-state index is 0.357. The number of rotatable bonds is 2. The molecule has 0 aliphatic heterocycles. The topological polar surface area (TPSA) is 61.3 Å². The quantitative estimate of drug-likeness (QED) is 0.910.